The molecule has 0 N–H and O–H groups in total. The van der Waals surface area contributed by atoms with Crippen molar-refractivity contribution < 1.29 is 0 Å². The third kappa shape index (κ3) is 1.46. The van der Waals surface area contributed by atoms with E-state index in [1.807, 2.05) is 13.0 Å². The van der Waals surface area contributed by atoms with Crippen LogP contribution in [0.2, 0.25) is 5.02 Å². The minimum absolute atomic E-state index is 0.742. The number of benzene rings is 1. The zero-order valence-corrected chi connectivity index (χ0v) is 7.25. The molecule has 0 saturated carbocycles. The van der Waals surface area contributed by atoms with Gasteiger partial charge < -0.3 is 0 Å². The van der Waals surface area contributed by atoms with Crippen molar-refractivity contribution in [1.82, 2.24) is 0 Å². The third-order valence-corrected chi connectivity index (χ3v) is 2.63. The summed E-state index contributed by atoms with van der Waals surface area (Å²) in [7, 11) is 0. The van der Waals surface area contributed by atoms with E-state index in [9.17, 15) is 0 Å². The highest BCUT2D eigenvalue weighted by Gasteiger charge is 1.96. The predicted molar refractivity (Wildman–Crippen MR) is 42.7 cm³/mol. The fourth-order valence-corrected chi connectivity index (χ4v) is 1.01. The Morgan fingerprint density at radius 1 is 1.67 bits per heavy atom. The average Bonchev–Trinajstić information content (AvgIpc) is 1.83. The van der Waals surface area contributed by atoms with Gasteiger partial charge in [-0.05, 0) is 40.5 Å². The van der Waals surface area contributed by atoms with Crippen molar-refractivity contribution in [3.05, 3.63) is 33.3 Å². The predicted octanol–water partition coefficient (Wildman–Crippen LogP) is 3.21. The summed E-state index contributed by atoms with van der Waals surface area (Å²) in [6, 6.07) is 6.62. The Morgan fingerprint density at radius 2 is 2.33 bits per heavy atom. The molecule has 0 fully saturated rings. The Hall–Kier alpha value is -0.0100. The normalized spacial score (nSPS) is 9.67. The molecule has 0 spiro atoms. The molecule has 1 radical (unpaired) electrons. The topological polar surface area (TPSA) is 0 Å². The van der Waals surface area contributed by atoms with Crippen LogP contribution in [-0.2, 0) is 0 Å². The first-order chi connectivity index (χ1) is 4.22. The molecular weight excluding hydrogens is 199 g/mol. The molecule has 0 amide bonds. The van der Waals surface area contributed by atoms with Crippen molar-refractivity contribution >= 4 is 27.5 Å². The van der Waals surface area contributed by atoms with Gasteiger partial charge in [0.1, 0.15) is 0 Å². The molecule has 0 unspecified atom stereocenters. The van der Waals surface area contributed by atoms with Crippen molar-refractivity contribution in [3.63, 3.8) is 0 Å². The van der Waals surface area contributed by atoms with Crippen molar-refractivity contribution in [1.29, 1.82) is 0 Å². The fraction of sp³-hybridized carbons (Fsp3) is 0.143. The Bertz CT molecular complexity index is 200. The largest absolute Gasteiger partial charge is 0.0831 e. The molecule has 0 nitrogen and oxygen atoms in total. The third-order valence-electron chi connectivity index (χ3n) is 1.07. The zero-order chi connectivity index (χ0) is 6.85. The highest BCUT2D eigenvalue weighted by molar-refractivity contribution is 9.10. The van der Waals surface area contributed by atoms with Crippen LogP contribution < -0.4 is 0 Å². The second kappa shape index (κ2) is 2.72. The minimum atomic E-state index is 0.742. The van der Waals surface area contributed by atoms with Gasteiger partial charge in [0.25, 0.3) is 0 Å². The molecule has 2 heteroatoms. The summed E-state index contributed by atoms with van der Waals surface area (Å²) < 4.78 is 0.937. The fourth-order valence-electron chi connectivity index (χ4n) is 0.555. The summed E-state index contributed by atoms with van der Waals surface area (Å²) in [5.41, 5.74) is 1.04. The second-order valence-electron chi connectivity index (χ2n) is 1.76. The average molecular weight is 204 g/mol. The van der Waals surface area contributed by atoms with E-state index < -0.39 is 0 Å². The monoisotopic (exact) mass is 203 g/mol. The summed E-state index contributed by atoms with van der Waals surface area (Å²) in [5.74, 6) is 0. The standard InChI is InChI=1S/C7H5BrCl/c1-5-3-2-4-6(9)7(5)8/h2,4H,1H3. The molecule has 0 aliphatic rings. The molecule has 0 aliphatic carbocycles. The Labute approximate surface area is 68.0 Å². The van der Waals surface area contributed by atoms with Crippen LogP contribution in [0.5, 0.6) is 0 Å². The van der Waals surface area contributed by atoms with E-state index in [0.717, 1.165) is 15.1 Å². The summed E-state index contributed by atoms with van der Waals surface area (Å²) in [4.78, 5) is 0. The Morgan fingerprint density at radius 3 is 2.78 bits per heavy atom. The Kier molecular flexibility index (Phi) is 2.14. The smallest absolute Gasteiger partial charge is 0.0551 e. The molecule has 0 aromatic heterocycles. The number of rotatable bonds is 0. The van der Waals surface area contributed by atoms with Crippen LogP contribution >= 0.6 is 27.5 Å². The van der Waals surface area contributed by atoms with Crippen LogP contribution in [0.15, 0.2) is 16.6 Å². The molecule has 0 saturated heterocycles. The van der Waals surface area contributed by atoms with Crippen LogP contribution in [0, 0.1) is 13.0 Å². The van der Waals surface area contributed by atoms with E-state index in [0.29, 0.717) is 0 Å². The van der Waals surface area contributed by atoms with E-state index in [2.05, 4.69) is 22.0 Å². The summed E-state index contributed by atoms with van der Waals surface area (Å²) >= 11 is 9.06. The van der Waals surface area contributed by atoms with Gasteiger partial charge in [-0.3, -0.25) is 0 Å². The molecule has 0 atom stereocenters. The van der Waals surface area contributed by atoms with Gasteiger partial charge in [-0.15, -0.1) is 0 Å². The van der Waals surface area contributed by atoms with Gasteiger partial charge in [0, 0.05) is 4.47 Å². The maximum absolute atomic E-state index is 5.75. The SMILES string of the molecule is Cc1[c]ccc(Cl)c1Br. The van der Waals surface area contributed by atoms with Crippen molar-refractivity contribution in [2.75, 3.05) is 0 Å². The van der Waals surface area contributed by atoms with Gasteiger partial charge in [0.2, 0.25) is 0 Å². The maximum atomic E-state index is 5.75. The number of aryl methyl sites for hydroxylation is 1. The van der Waals surface area contributed by atoms with Gasteiger partial charge in [0.15, 0.2) is 0 Å². The first-order valence-corrected chi connectivity index (χ1v) is 3.71. The number of halogens is 2. The molecule has 47 valence electrons. The summed E-state index contributed by atoms with van der Waals surface area (Å²) in [6.45, 7) is 1.95. The van der Waals surface area contributed by atoms with Crippen LogP contribution in [0.3, 0.4) is 0 Å². The second-order valence-corrected chi connectivity index (χ2v) is 2.96. The van der Waals surface area contributed by atoms with E-state index in [1.165, 1.54) is 0 Å². The lowest BCUT2D eigenvalue weighted by Crippen LogP contribution is -1.74. The van der Waals surface area contributed by atoms with E-state index in [1.54, 1.807) is 6.07 Å². The molecule has 0 bridgehead atoms. The molecular formula is C7H5BrCl. The number of hydrogen-bond acceptors (Lipinski definition) is 0. The van der Waals surface area contributed by atoms with Crippen LogP contribution in [0.1, 0.15) is 5.56 Å². The maximum Gasteiger partial charge on any atom is 0.0551 e. The molecule has 0 heterocycles. The van der Waals surface area contributed by atoms with Gasteiger partial charge >= 0.3 is 0 Å². The van der Waals surface area contributed by atoms with Gasteiger partial charge in [0.05, 0.1) is 5.02 Å². The molecule has 1 aromatic carbocycles. The quantitative estimate of drug-likeness (QED) is 0.609. The zero-order valence-electron chi connectivity index (χ0n) is 4.91. The van der Waals surface area contributed by atoms with Crippen LogP contribution in [-0.4, -0.2) is 0 Å². The van der Waals surface area contributed by atoms with E-state index >= 15 is 0 Å². The van der Waals surface area contributed by atoms with Crippen molar-refractivity contribution in [2.24, 2.45) is 0 Å². The first kappa shape index (κ1) is 7.10. The highest BCUT2D eigenvalue weighted by atomic mass is 79.9. The van der Waals surface area contributed by atoms with Crippen molar-refractivity contribution in [3.8, 4) is 0 Å². The molecule has 1 rings (SSSR count). The van der Waals surface area contributed by atoms with E-state index in [-0.39, 0.29) is 0 Å². The van der Waals surface area contributed by atoms with Gasteiger partial charge in [-0.1, -0.05) is 17.7 Å². The molecule has 1 aromatic rings. The highest BCUT2D eigenvalue weighted by Crippen LogP contribution is 2.24. The summed E-state index contributed by atoms with van der Waals surface area (Å²) in [5, 5.41) is 0.742. The van der Waals surface area contributed by atoms with Crippen molar-refractivity contribution in [2.45, 2.75) is 6.92 Å². The van der Waals surface area contributed by atoms with E-state index in [4.69, 9.17) is 11.6 Å². The molecule has 0 aliphatic heterocycles. The number of hydrogen-bond donors (Lipinski definition) is 0. The van der Waals surface area contributed by atoms with Gasteiger partial charge in [-0.2, -0.15) is 0 Å². The first-order valence-electron chi connectivity index (χ1n) is 2.54. The van der Waals surface area contributed by atoms with Gasteiger partial charge in [-0.25, -0.2) is 0 Å². The van der Waals surface area contributed by atoms with Crippen LogP contribution in [0.4, 0.5) is 0 Å². The van der Waals surface area contributed by atoms with Crippen LogP contribution in [0.25, 0.3) is 0 Å². The lowest BCUT2D eigenvalue weighted by molar-refractivity contribution is 1.42. The molecule has 9 heavy (non-hydrogen) atoms. The lowest BCUT2D eigenvalue weighted by atomic mass is 10.2. The Balaban J connectivity index is 3.25. The minimum Gasteiger partial charge on any atom is -0.0831 e. The summed E-state index contributed by atoms with van der Waals surface area (Å²) in [6.07, 6.45) is 0. The lowest BCUT2D eigenvalue weighted by Gasteiger charge is -1.96.